The quantitative estimate of drug-likeness (QED) is 0.551. The van der Waals surface area contributed by atoms with Crippen LogP contribution in [0.5, 0.6) is 0 Å². The number of thiophene rings is 1. The number of nitrogens with two attached hydrogens (primary N) is 2. The first-order chi connectivity index (χ1) is 10.4. The Bertz CT molecular complexity index is 667. The highest BCUT2D eigenvalue weighted by Gasteiger charge is 2.27. The topological polar surface area (TPSA) is 129 Å². The number of amides is 3. The van der Waals surface area contributed by atoms with Gasteiger partial charge in [0.2, 0.25) is 11.1 Å². The zero-order valence-corrected chi connectivity index (χ0v) is 13.6. The number of nitrogens with zero attached hydrogens (tertiary/aromatic N) is 3. The summed E-state index contributed by atoms with van der Waals surface area (Å²) in [6.07, 6.45) is 0. The molecule has 0 fully saturated rings. The van der Waals surface area contributed by atoms with E-state index in [-0.39, 0.29) is 5.92 Å². The van der Waals surface area contributed by atoms with Crippen molar-refractivity contribution in [2.45, 2.75) is 24.3 Å². The van der Waals surface area contributed by atoms with Gasteiger partial charge in [0.25, 0.3) is 0 Å². The molecule has 5 N–H and O–H groups in total. The Kier molecular flexibility index (Phi) is 5.03. The maximum atomic E-state index is 12.0. The molecule has 118 valence electrons. The number of carbonyl (C=O) groups is 2. The minimum absolute atomic E-state index is 0.0498. The summed E-state index contributed by atoms with van der Waals surface area (Å²) >= 11 is 2.63. The Morgan fingerprint density at radius 3 is 2.68 bits per heavy atom. The normalized spacial score (nSPS) is 12.3. The summed E-state index contributed by atoms with van der Waals surface area (Å²) in [7, 11) is 0. The van der Waals surface area contributed by atoms with Crippen LogP contribution < -0.4 is 16.9 Å². The molecule has 0 unspecified atom stereocenters. The molecule has 2 rings (SSSR count). The van der Waals surface area contributed by atoms with Gasteiger partial charge in [-0.2, -0.15) is 0 Å². The molecule has 8 nitrogen and oxygen atoms in total. The summed E-state index contributed by atoms with van der Waals surface area (Å²) in [6, 6.07) is 2.88. The minimum Gasteiger partial charge on any atom is -0.351 e. The molecule has 0 bridgehead atoms. The zero-order chi connectivity index (χ0) is 16.3. The average molecular weight is 340 g/mol. The monoisotopic (exact) mass is 340 g/mol. The lowest BCUT2D eigenvalue weighted by Gasteiger charge is -2.17. The second-order valence-electron chi connectivity index (χ2n) is 4.79. The smallest absolute Gasteiger partial charge is 0.318 e. The molecule has 0 radical (unpaired) electrons. The van der Waals surface area contributed by atoms with Crippen molar-refractivity contribution in [1.82, 2.24) is 20.2 Å². The number of hydrogen-bond acceptors (Lipinski definition) is 7. The molecule has 22 heavy (non-hydrogen) atoms. The molecule has 3 amide bonds. The van der Waals surface area contributed by atoms with Crippen molar-refractivity contribution >= 4 is 35.0 Å². The molecule has 0 aliphatic rings. The van der Waals surface area contributed by atoms with Gasteiger partial charge in [-0.1, -0.05) is 31.7 Å². The molecule has 2 aromatic rings. The Balaban J connectivity index is 2.21. The Labute approximate surface area is 135 Å². The number of aromatic nitrogens is 3. The van der Waals surface area contributed by atoms with E-state index < -0.39 is 17.2 Å². The van der Waals surface area contributed by atoms with Crippen molar-refractivity contribution in [1.29, 1.82) is 0 Å². The summed E-state index contributed by atoms with van der Waals surface area (Å²) in [5.74, 6) is 5.99. The minimum atomic E-state index is -0.885. The number of imide groups is 1. The van der Waals surface area contributed by atoms with Crippen molar-refractivity contribution in [3.05, 3.63) is 17.5 Å². The third kappa shape index (κ3) is 3.57. The van der Waals surface area contributed by atoms with Crippen LogP contribution >= 0.6 is 23.1 Å². The third-order valence-electron chi connectivity index (χ3n) is 2.75. The van der Waals surface area contributed by atoms with Crippen molar-refractivity contribution < 1.29 is 9.59 Å². The molecule has 0 spiro atoms. The van der Waals surface area contributed by atoms with Gasteiger partial charge in [0, 0.05) is 0 Å². The summed E-state index contributed by atoms with van der Waals surface area (Å²) in [6.45, 7) is 3.71. The van der Waals surface area contributed by atoms with Crippen LogP contribution in [-0.2, 0) is 4.79 Å². The van der Waals surface area contributed by atoms with Crippen LogP contribution in [0.25, 0.3) is 10.7 Å². The largest absolute Gasteiger partial charge is 0.351 e. The molecule has 0 saturated carbocycles. The van der Waals surface area contributed by atoms with E-state index in [4.69, 9.17) is 11.6 Å². The van der Waals surface area contributed by atoms with Gasteiger partial charge < -0.3 is 11.6 Å². The highest BCUT2D eigenvalue weighted by molar-refractivity contribution is 8.00. The van der Waals surface area contributed by atoms with E-state index in [1.807, 2.05) is 31.4 Å². The molecule has 1 atom stereocenters. The van der Waals surface area contributed by atoms with Crippen LogP contribution in [0.3, 0.4) is 0 Å². The molecule has 10 heteroatoms. The summed E-state index contributed by atoms with van der Waals surface area (Å²) < 4.78 is 1.34. The number of hydrogen-bond donors (Lipinski definition) is 3. The first-order valence-corrected chi connectivity index (χ1v) is 8.17. The first-order valence-electron chi connectivity index (χ1n) is 6.41. The van der Waals surface area contributed by atoms with Crippen molar-refractivity contribution in [3.8, 4) is 10.7 Å². The lowest BCUT2D eigenvalue weighted by molar-refractivity contribution is -0.120. The van der Waals surface area contributed by atoms with Gasteiger partial charge in [0.05, 0.1) is 10.1 Å². The highest BCUT2D eigenvalue weighted by atomic mass is 32.2. The van der Waals surface area contributed by atoms with Gasteiger partial charge in [0.1, 0.15) is 0 Å². The number of urea groups is 1. The first kappa shape index (κ1) is 16.3. The summed E-state index contributed by atoms with van der Waals surface area (Å²) in [5, 5.41) is 11.9. The maximum absolute atomic E-state index is 12.0. The lowest BCUT2D eigenvalue weighted by Crippen LogP contribution is -2.42. The van der Waals surface area contributed by atoms with Crippen LogP contribution in [-0.4, -0.2) is 32.1 Å². The van der Waals surface area contributed by atoms with Gasteiger partial charge >= 0.3 is 6.03 Å². The molecular formula is C12H16N6O2S2. The molecule has 0 aliphatic heterocycles. The molecule has 0 aliphatic carbocycles. The predicted octanol–water partition coefficient (Wildman–Crippen LogP) is 1.03. The van der Waals surface area contributed by atoms with E-state index in [9.17, 15) is 9.59 Å². The van der Waals surface area contributed by atoms with E-state index in [1.54, 1.807) is 0 Å². The van der Waals surface area contributed by atoms with Gasteiger partial charge in [-0.3, -0.25) is 10.1 Å². The Morgan fingerprint density at radius 1 is 1.41 bits per heavy atom. The molecular weight excluding hydrogens is 324 g/mol. The maximum Gasteiger partial charge on any atom is 0.318 e. The van der Waals surface area contributed by atoms with E-state index >= 15 is 0 Å². The van der Waals surface area contributed by atoms with Crippen molar-refractivity contribution in [2.75, 3.05) is 5.84 Å². The van der Waals surface area contributed by atoms with E-state index in [1.165, 1.54) is 16.0 Å². The third-order valence-corrected chi connectivity index (χ3v) is 5.12. The van der Waals surface area contributed by atoms with E-state index in [2.05, 4.69) is 15.5 Å². The number of nitrogens with one attached hydrogen (secondary N) is 1. The molecule has 0 aromatic carbocycles. The molecule has 0 saturated heterocycles. The number of rotatable bonds is 5. The highest BCUT2D eigenvalue weighted by Crippen LogP contribution is 2.29. The number of carbonyl (C=O) groups excluding carboxylic acids is 2. The standard InChI is InChI=1S/C12H16N6O2S2/c1-6(2)8(10(19)15-11(13)20)22-12-17-16-9(18(12)14)7-4-3-5-21-7/h3-6,8H,14H2,1-2H3,(H3,13,15,19,20)/t8-/m0/s1. The fraction of sp³-hybridized carbons (Fsp3) is 0.333. The SMILES string of the molecule is CC(C)[C@H](Sc1nnc(-c2cccs2)n1N)C(=O)NC(N)=O. The Morgan fingerprint density at radius 2 is 2.14 bits per heavy atom. The lowest BCUT2D eigenvalue weighted by atomic mass is 10.1. The molecule has 2 heterocycles. The van der Waals surface area contributed by atoms with E-state index in [0.29, 0.717) is 11.0 Å². The predicted molar refractivity (Wildman–Crippen MR) is 85.7 cm³/mol. The van der Waals surface area contributed by atoms with Gasteiger partial charge in [-0.15, -0.1) is 21.5 Å². The number of nitrogen functional groups attached to an aromatic ring is 1. The van der Waals surface area contributed by atoms with Crippen LogP contribution in [0, 0.1) is 5.92 Å². The fourth-order valence-electron chi connectivity index (χ4n) is 1.73. The second-order valence-corrected chi connectivity index (χ2v) is 6.85. The summed E-state index contributed by atoms with van der Waals surface area (Å²) in [4.78, 5) is 23.7. The summed E-state index contributed by atoms with van der Waals surface area (Å²) in [5.41, 5.74) is 4.99. The van der Waals surface area contributed by atoms with Crippen LogP contribution in [0.4, 0.5) is 4.79 Å². The number of primary amides is 1. The number of thioether (sulfide) groups is 1. The van der Waals surface area contributed by atoms with Crippen LogP contribution in [0.15, 0.2) is 22.7 Å². The molecule has 2 aromatic heterocycles. The van der Waals surface area contributed by atoms with Gasteiger partial charge in [-0.25, -0.2) is 9.47 Å². The zero-order valence-electron chi connectivity index (χ0n) is 12.0. The van der Waals surface area contributed by atoms with Crippen LogP contribution in [0.1, 0.15) is 13.8 Å². The fourth-order valence-corrected chi connectivity index (χ4v) is 3.39. The Hall–Kier alpha value is -2.07. The van der Waals surface area contributed by atoms with E-state index in [0.717, 1.165) is 16.6 Å². The second kappa shape index (κ2) is 6.79. The van der Waals surface area contributed by atoms with Gasteiger partial charge in [0.15, 0.2) is 5.82 Å². The van der Waals surface area contributed by atoms with Crippen molar-refractivity contribution in [3.63, 3.8) is 0 Å². The van der Waals surface area contributed by atoms with Crippen LogP contribution in [0.2, 0.25) is 0 Å². The van der Waals surface area contributed by atoms with Crippen molar-refractivity contribution in [2.24, 2.45) is 11.7 Å². The van der Waals surface area contributed by atoms with Gasteiger partial charge in [-0.05, 0) is 17.4 Å². The average Bonchev–Trinajstić information content (AvgIpc) is 3.04.